The molecule has 1 unspecified atom stereocenters. The van der Waals surface area contributed by atoms with Gasteiger partial charge in [-0.05, 0) is 17.9 Å². The van der Waals surface area contributed by atoms with E-state index in [9.17, 15) is 9.59 Å². The largest absolute Gasteiger partial charge is 0.321 e. The standard InChI is InChI=1S/C20H26N4O2S2/c1-13-5-7-14(8-6-13)9-16-22-23-19(28-16)21-18(26)15-11-27-12-24(15)17(25)10-20(2,3)4/h5-8,15H,9-12H2,1-4H3,(H,21,23,26). The first-order valence-electron chi connectivity index (χ1n) is 9.27. The maximum atomic E-state index is 12.7. The summed E-state index contributed by atoms with van der Waals surface area (Å²) in [7, 11) is 0. The van der Waals surface area contributed by atoms with E-state index in [0.717, 1.165) is 10.6 Å². The van der Waals surface area contributed by atoms with Gasteiger partial charge in [0.2, 0.25) is 16.9 Å². The van der Waals surface area contributed by atoms with Gasteiger partial charge in [-0.2, -0.15) is 0 Å². The first kappa shape index (κ1) is 20.8. The molecule has 0 aliphatic carbocycles. The second-order valence-corrected chi connectivity index (χ2v) is 10.3. The monoisotopic (exact) mass is 418 g/mol. The van der Waals surface area contributed by atoms with Crippen molar-refractivity contribution >= 4 is 40.0 Å². The zero-order valence-corrected chi connectivity index (χ0v) is 18.3. The minimum Gasteiger partial charge on any atom is -0.321 e. The van der Waals surface area contributed by atoms with Gasteiger partial charge in [0.05, 0.1) is 5.88 Å². The summed E-state index contributed by atoms with van der Waals surface area (Å²) in [6, 6.07) is 7.83. The van der Waals surface area contributed by atoms with Crippen LogP contribution in [-0.2, 0) is 16.0 Å². The molecule has 1 fully saturated rings. The molecule has 1 N–H and O–H groups in total. The van der Waals surface area contributed by atoms with E-state index >= 15 is 0 Å². The van der Waals surface area contributed by atoms with Crippen molar-refractivity contribution in [3.63, 3.8) is 0 Å². The molecule has 3 rings (SSSR count). The third-order valence-corrected chi connectivity index (χ3v) is 6.21. The number of hydrogen-bond acceptors (Lipinski definition) is 6. The number of carbonyl (C=O) groups excluding carboxylic acids is 2. The van der Waals surface area contributed by atoms with Gasteiger partial charge < -0.3 is 4.90 Å². The lowest BCUT2D eigenvalue weighted by Crippen LogP contribution is -2.45. The normalized spacial score (nSPS) is 17.0. The highest BCUT2D eigenvalue weighted by molar-refractivity contribution is 7.99. The second kappa shape index (κ2) is 8.61. The molecule has 2 amide bonds. The molecule has 1 atom stereocenters. The van der Waals surface area contributed by atoms with Crippen molar-refractivity contribution in [1.82, 2.24) is 15.1 Å². The van der Waals surface area contributed by atoms with E-state index in [1.807, 2.05) is 20.8 Å². The van der Waals surface area contributed by atoms with E-state index < -0.39 is 6.04 Å². The van der Waals surface area contributed by atoms with Crippen LogP contribution >= 0.6 is 23.1 Å². The fourth-order valence-electron chi connectivity index (χ4n) is 2.91. The van der Waals surface area contributed by atoms with E-state index in [1.165, 1.54) is 16.9 Å². The van der Waals surface area contributed by atoms with E-state index in [0.29, 0.717) is 29.6 Å². The quantitative estimate of drug-likeness (QED) is 0.801. The summed E-state index contributed by atoms with van der Waals surface area (Å²) in [5, 5.41) is 12.5. The van der Waals surface area contributed by atoms with Crippen LogP contribution in [0.15, 0.2) is 24.3 Å². The zero-order valence-electron chi connectivity index (χ0n) is 16.7. The van der Waals surface area contributed by atoms with Gasteiger partial charge in [-0.25, -0.2) is 0 Å². The number of amides is 2. The van der Waals surface area contributed by atoms with E-state index in [4.69, 9.17) is 0 Å². The average Bonchev–Trinajstić information content (AvgIpc) is 3.25. The van der Waals surface area contributed by atoms with Crippen LogP contribution in [-0.4, -0.2) is 44.6 Å². The maximum Gasteiger partial charge on any atom is 0.249 e. The van der Waals surface area contributed by atoms with Crippen molar-refractivity contribution in [2.75, 3.05) is 16.9 Å². The number of nitrogens with one attached hydrogen (secondary N) is 1. The molecule has 0 saturated carbocycles. The SMILES string of the molecule is Cc1ccc(Cc2nnc(NC(=O)C3CSCN3C(=O)CC(C)(C)C)s2)cc1. The third kappa shape index (κ3) is 5.54. The van der Waals surface area contributed by atoms with E-state index in [2.05, 4.69) is 46.7 Å². The Labute approximate surface area is 174 Å². The summed E-state index contributed by atoms with van der Waals surface area (Å²) in [6.45, 7) is 8.14. The number of aromatic nitrogens is 2. The van der Waals surface area contributed by atoms with Gasteiger partial charge in [-0.15, -0.1) is 22.0 Å². The van der Waals surface area contributed by atoms with Crippen LogP contribution in [0.25, 0.3) is 0 Å². The molecule has 2 heterocycles. The molecular weight excluding hydrogens is 392 g/mol. The Balaban J connectivity index is 1.60. The Morgan fingerprint density at radius 2 is 1.93 bits per heavy atom. The zero-order chi connectivity index (χ0) is 20.3. The van der Waals surface area contributed by atoms with Gasteiger partial charge in [-0.1, -0.05) is 61.9 Å². The topological polar surface area (TPSA) is 75.2 Å². The molecule has 0 spiro atoms. The number of nitrogens with zero attached hydrogens (tertiary/aromatic N) is 3. The number of benzene rings is 1. The average molecular weight is 419 g/mol. The number of rotatable bonds is 5. The Kier molecular flexibility index (Phi) is 6.40. The van der Waals surface area contributed by atoms with Crippen LogP contribution in [0.1, 0.15) is 43.3 Å². The van der Waals surface area contributed by atoms with Crippen LogP contribution in [0.4, 0.5) is 5.13 Å². The smallest absolute Gasteiger partial charge is 0.249 e. The molecule has 2 aromatic rings. The molecule has 1 aliphatic rings. The summed E-state index contributed by atoms with van der Waals surface area (Å²) in [5.41, 5.74) is 2.27. The summed E-state index contributed by atoms with van der Waals surface area (Å²) >= 11 is 2.98. The van der Waals surface area contributed by atoms with E-state index in [-0.39, 0.29) is 17.2 Å². The van der Waals surface area contributed by atoms with Crippen molar-refractivity contribution < 1.29 is 9.59 Å². The number of thioether (sulfide) groups is 1. The molecule has 1 aliphatic heterocycles. The van der Waals surface area contributed by atoms with Crippen LogP contribution in [0, 0.1) is 12.3 Å². The highest BCUT2D eigenvalue weighted by atomic mass is 32.2. The molecule has 1 aromatic carbocycles. The van der Waals surface area contributed by atoms with Gasteiger partial charge >= 0.3 is 0 Å². The summed E-state index contributed by atoms with van der Waals surface area (Å²) in [4.78, 5) is 27.0. The van der Waals surface area contributed by atoms with Crippen LogP contribution in [0.3, 0.4) is 0 Å². The van der Waals surface area contributed by atoms with Gasteiger partial charge in [0, 0.05) is 18.6 Å². The summed E-state index contributed by atoms with van der Waals surface area (Å²) < 4.78 is 0. The molecular formula is C20H26N4O2S2. The summed E-state index contributed by atoms with van der Waals surface area (Å²) in [5.74, 6) is 0.999. The summed E-state index contributed by atoms with van der Waals surface area (Å²) in [6.07, 6.45) is 1.11. The van der Waals surface area contributed by atoms with Crippen molar-refractivity contribution in [2.24, 2.45) is 5.41 Å². The van der Waals surface area contributed by atoms with Gasteiger partial charge in [0.25, 0.3) is 0 Å². The fourth-order valence-corrected chi connectivity index (χ4v) is 4.86. The minimum atomic E-state index is -0.454. The number of carbonyl (C=O) groups is 2. The van der Waals surface area contributed by atoms with Gasteiger partial charge in [0.1, 0.15) is 11.0 Å². The lowest BCUT2D eigenvalue weighted by atomic mass is 9.91. The lowest BCUT2D eigenvalue weighted by molar-refractivity contribution is -0.137. The second-order valence-electron chi connectivity index (χ2n) is 8.27. The van der Waals surface area contributed by atoms with Crippen molar-refractivity contribution in [1.29, 1.82) is 0 Å². The molecule has 150 valence electrons. The molecule has 6 nitrogen and oxygen atoms in total. The Hall–Kier alpha value is -1.93. The Bertz CT molecular complexity index is 843. The number of hydrogen-bond donors (Lipinski definition) is 1. The molecule has 1 aromatic heterocycles. The molecule has 28 heavy (non-hydrogen) atoms. The fraction of sp³-hybridized carbons (Fsp3) is 0.500. The van der Waals surface area contributed by atoms with Gasteiger partial charge in [-0.3, -0.25) is 14.9 Å². The first-order valence-corrected chi connectivity index (χ1v) is 11.2. The highest BCUT2D eigenvalue weighted by Crippen LogP contribution is 2.27. The maximum absolute atomic E-state index is 12.7. The van der Waals surface area contributed by atoms with Crippen LogP contribution < -0.4 is 5.32 Å². The van der Waals surface area contributed by atoms with Crippen molar-refractivity contribution in [2.45, 2.75) is 46.6 Å². The molecule has 1 saturated heterocycles. The van der Waals surface area contributed by atoms with Crippen molar-refractivity contribution in [3.05, 3.63) is 40.4 Å². The first-order chi connectivity index (χ1) is 13.2. The third-order valence-electron chi connectivity index (χ3n) is 4.36. The predicted molar refractivity (Wildman–Crippen MR) is 115 cm³/mol. The van der Waals surface area contributed by atoms with Crippen molar-refractivity contribution in [3.8, 4) is 0 Å². The van der Waals surface area contributed by atoms with E-state index in [1.54, 1.807) is 16.7 Å². The number of aryl methyl sites for hydroxylation is 1. The lowest BCUT2D eigenvalue weighted by Gasteiger charge is -2.26. The van der Waals surface area contributed by atoms with Crippen LogP contribution in [0.5, 0.6) is 0 Å². The molecule has 0 bridgehead atoms. The Morgan fingerprint density at radius 1 is 1.21 bits per heavy atom. The van der Waals surface area contributed by atoms with Crippen LogP contribution in [0.2, 0.25) is 0 Å². The predicted octanol–water partition coefficient (Wildman–Crippen LogP) is 3.71. The molecule has 8 heteroatoms. The van der Waals surface area contributed by atoms with Gasteiger partial charge in [0.15, 0.2) is 0 Å². The minimum absolute atomic E-state index is 0.0231. The molecule has 0 radical (unpaired) electrons. The highest BCUT2D eigenvalue weighted by Gasteiger charge is 2.36. The number of anilines is 1. The Morgan fingerprint density at radius 3 is 2.61 bits per heavy atom.